The van der Waals surface area contributed by atoms with Gasteiger partial charge in [-0.3, -0.25) is 4.21 Å². The Morgan fingerprint density at radius 3 is 2.50 bits per heavy atom. The summed E-state index contributed by atoms with van der Waals surface area (Å²) >= 11 is 0. The molecule has 1 aliphatic heterocycles. The van der Waals surface area contributed by atoms with Crippen molar-refractivity contribution in [3.63, 3.8) is 0 Å². The van der Waals surface area contributed by atoms with E-state index in [1.54, 1.807) is 0 Å². The Hall–Kier alpha value is 0.0700. The molecule has 0 aromatic rings. The molecule has 1 saturated heterocycles. The van der Waals surface area contributed by atoms with Crippen molar-refractivity contribution in [2.75, 3.05) is 18.1 Å². The van der Waals surface area contributed by atoms with Crippen molar-refractivity contribution in [2.24, 2.45) is 0 Å². The highest BCUT2D eigenvalue weighted by atomic mass is 32.2. The van der Waals surface area contributed by atoms with Crippen LogP contribution in [0.4, 0.5) is 0 Å². The zero-order valence-electron chi connectivity index (χ0n) is 9.08. The molecule has 0 radical (unpaired) electrons. The normalized spacial score (nSPS) is 29.1. The molecule has 84 valence electrons. The van der Waals surface area contributed by atoms with Crippen molar-refractivity contribution in [3.05, 3.63) is 0 Å². The second-order valence-electron chi connectivity index (χ2n) is 4.64. The van der Waals surface area contributed by atoms with Gasteiger partial charge in [-0.1, -0.05) is 0 Å². The molecule has 1 rings (SSSR count). The maximum Gasteiger partial charge on any atom is 0.0603 e. The number of hydrogen-bond acceptors (Lipinski definition) is 3. The van der Waals surface area contributed by atoms with Crippen LogP contribution in [0, 0.1) is 0 Å². The van der Waals surface area contributed by atoms with Crippen LogP contribution < -0.4 is 5.32 Å². The topological polar surface area (TPSA) is 49.3 Å². The van der Waals surface area contributed by atoms with Crippen LogP contribution in [0.1, 0.15) is 33.1 Å². The van der Waals surface area contributed by atoms with Crippen molar-refractivity contribution in [1.82, 2.24) is 5.32 Å². The van der Waals surface area contributed by atoms with Crippen LogP contribution in [-0.2, 0) is 10.8 Å². The fraction of sp³-hybridized carbons (Fsp3) is 1.00. The van der Waals surface area contributed by atoms with Gasteiger partial charge in [0.05, 0.1) is 5.60 Å². The van der Waals surface area contributed by atoms with Gasteiger partial charge in [-0.15, -0.1) is 0 Å². The summed E-state index contributed by atoms with van der Waals surface area (Å²) in [5, 5.41) is 12.9. The second-order valence-corrected chi connectivity index (χ2v) is 6.34. The van der Waals surface area contributed by atoms with Crippen LogP contribution in [0.2, 0.25) is 0 Å². The van der Waals surface area contributed by atoms with E-state index in [9.17, 15) is 9.32 Å². The summed E-state index contributed by atoms with van der Waals surface area (Å²) in [6.45, 7) is 4.50. The van der Waals surface area contributed by atoms with Crippen LogP contribution in [0.25, 0.3) is 0 Å². The summed E-state index contributed by atoms with van der Waals surface area (Å²) < 4.78 is 11.1. The van der Waals surface area contributed by atoms with Gasteiger partial charge < -0.3 is 10.4 Å². The minimum absolute atomic E-state index is 0.509. The lowest BCUT2D eigenvalue weighted by molar-refractivity contribution is 0.0702. The molecule has 2 N–H and O–H groups in total. The van der Waals surface area contributed by atoms with E-state index in [4.69, 9.17) is 0 Å². The van der Waals surface area contributed by atoms with Crippen molar-refractivity contribution < 1.29 is 9.32 Å². The number of aliphatic hydroxyl groups is 1. The second kappa shape index (κ2) is 5.24. The first-order valence-corrected chi connectivity index (χ1v) is 6.77. The first-order valence-electron chi connectivity index (χ1n) is 5.28. The highest BCUT2D eigenvalue weighted by molar-refractivity contribution is 7.85. The molecular weight excluding hydrogens is 198 g/mol. The fourth-order valence-corrected chi connectivity index (χ4v) is 2.88. The molecule has 1 heterocycles. The fourth-order valence-electron chi connectivity index (χ4n) is 1.58. The number of rotatable bonds is 4. The summed E-state index contributed by atoms with van der Waals surface area (Å²) in [6, 6.07) is 0.509. The van der Waals surface area contributed by atoms with Gasteiger partial charge in [-0.05, 0) is 39.7 Å². The third-order valence-corrected chi connectivity index (χ3v) is 3.94. The molecule has 4 heteroatoms. The zero-order chi connectivity index (χ0) is 10.6. The quantitative estimate of drug-likeness (QED) is 0.730. The number of hydrogen-bond donors (Lipinski definition) is 2. The molecule has 0 bridgehead atoms. The molecule has 0 aliphatic carbocycles. The Balaban J connectivity index is 2.10. The molecule has 1 fully saturated rings. The van der Waals surface area contributed by atoms with Crippen LogP contribution in [-0.4, -0.2) is 39.0 Å². The monoisotopic (exact) mass is 219 g/mol. The molecule has 0 saturated carbocycles. The summed E-state index contributed by atoms with van der Waals surface area (Å²) in [6.07, 6.45) is 2.80. The van der Waals surface area contributed by atoms with Gasteiger partial charge in [0.2, 0.25) is 0 Å². The molecule has 0 spiro atoms. The smallest absolute Gasteiger partial charge is 0.0603 e. The lowest BCUT2D eigenvalue weighted by Crippen LogP contribution is -2.38. The molecule has 0 amide bonds. The molecule has 0 aromatic carbocycles. The van der Waals surface area contributed by atoms with Gasteiger partial charge in [-0.25, -0.2) is 0 Å². The predicted molar refractivity (Wildman–Crippen MR) is 59.8 cm³/mol. The van der Waals surface area contributed by atoms with Gasteiger partial charge in [0.1, 0.15) is 0 Å². The van der Waals surface area contributed by atoms with Gasteiger partial charge in [0, 0.05) is 28.3 Å². The van der Waals surface area contributed by atoms with Gasteiger partial charge in [0.25, 0.3) is 0 Å². The Bertz CT molecular complexity index is 191. The lowest BCUT2D eigenvalue weighted by Gasteiger charge is -2.24. The van der Waals surface area contributed by atoms with E-state index in [-0.39, 0.29) is 0 Å². The third kappa shape index (κ3) is 5.08. The van der Waals surface area contributed by atoms with Crippen molar-refractivity contribution in [3.8, 4) is 0 Å². The Labute approximate surface area is 88.7 Å². The lowest BCUT2D eigenvalue weighted by atomic mass is 10.1. The van der Waals surface area contributed by atoms with Gasteiger partial charge in [0.15, 0.2) is 0 Å². The Kier molecular flexibility index (Phi) is 4.54. The van der Waals surface area contributed by atoms with Gasteiger partial charge >= 0.3 is 0 Å². The molecular formula is C10H21NO2S. The van der Waals surface area contributed by atoms with Gasteiger partial charge in [-0.2, -0.15) is 0 Å². The molecule has 0 unspecified atom stereocenters. The van der Waals surface area contributed by atoms with Crippen LogP contribution >= 0.6 is 0 Å². The molecule has 14 heavy (non-hydrogen) atoms. The van der Waals surface area contributed by atoms with E-state index in [2.05, 4.69) is 5.32 Å². The highest BCUT2D eigenvalue weighted by Gasteiger charge is 2.18. The average molecular weight is 219 g/mol. The molecule has 0 atom stereocenters. The van der Waals surface area contributed by atoms with Crippen LogP contribution in [0.3, 0.4) is 0 Å². The highest BCUT2D eigenvalue weighted by Crippen LogP contribution is 2.10. The average Bonchev–Trinajstić information content (AvgIpc) is 2.06. The summed E-state index contributed by atoms with van der Waals surface area (Å²) in [5.41, 5.74) is -0.579. The molecule has 0 aromatic heterocycles. The Morgan fingerprint density at radius 2 is 2.00 bits per heavy atom. The van der Waals surface area contributed by atoms with Crippen LogP contribution in [0.15, 0.2) is 0 Å². The van der Waals surface area contributed by atoms with Crippen molar-refractivity contribution in [1.29, 1.82) is 0 Å². The van der Waals surface area contributed by atoms with E-state index in [0.717, 1.165) is 37.3 Å². The zero-order valence-corrected chi connectivity index (χ0v) is 9.90. The van der Waals surface area contributed by atoms with Crippen LogP contribution in [0.5, 0.6) is 0 Å². The standard InChI is InChI=1S/C10H21NO2S/c1-10(2,12)5-6-11-9-3-7-14(13)8-4-9/h9,11-12H,3-8H2,1-2H3. The summed E-state index contributed by atoms with van der Waals surface area (Å²) in [7, 11) is -0.573. The number of nitrogens with one attached hydrogen (secondary N) is 1. The van der Waals surface area contributed by atoms with E-state index in [1.165, 1.54) is 0 Å². The maximum absolute atomic E-state index is 11.1. The predicted octanol–water partition coefficient (Wildman–Crippen LogP) is 0.648. The SMILES string of the molecule is CC(C)(O)CCNC1CCS(=O)CC1. The molecule has 3 nitrogen and oxygen atoms in total. The summed E-state index contributed by atoms with van der Waals surface area (Å²) in [4.78, 5) is 0. The molecule has 1 aliphatic rings. The van der Waals surface area contributed by atoms with E-state index in [0.29, 0.717) is 6.04 Å². The first kappa shape index (κ1) is 12.1. The minimum Gasteiger partial charge on any atom is -0.390 e. The van der Waals surface area contributed by atoms with E-state index >= 15 is 0 Å². The van der Waals surface area contributed by atoms with E-state index in [1.807, 2.05) is 13.8 Å². The summed E-state index contributed by atoms with van der Waals surface area (Å²) in [5.74, 6) is 1.67. The van der Waals surface area contributed by atoms with Crippen molar-refractivity contribution in [2.45, 2.75) is 44.8 Å². The van der Waals surface area contributed by atoms with Crippen molar-refractivity contribution >= 4 is 10.8 Å². The third-order valence-electron chi connectivity index (χ3n) is 2.56. The maximum atomic E-state index is 11.1. The first-order chi connectivity index (χ1) is 6.47. The largest absolute Gasteiger partial charge is 0.390 e. The minimum atomic E-state index is -0.579. The Morgan fingerprint density at radius 1 is 1.43 bits per heavy atom. The van der Waals surface area contributed by atoms with E-state index < -0.39 is 16.4 Å².